The van der Waals surface area contributed by atoms with Crippen molar-refractivity contribution in [3.63, 3.8) is 0 Å². The van der Waals surface area contributed by atoms with E-state index < -0.39 is 12.0 Å². The summed E-state index contributed by atoms with van der Waals surface area (Å²) in [6, 6.07) is 18.6. The minimum Gasteiger partial charge on any atom is -0.391 e. The predicted octanol–water partition coefficient (Wildman–Crippen LogP) is 4.43. The van der Waals surface area contributed by atoms with E-state index in [-0.39, 0.29) is 12.1 Å². The van der Waals surface area contributed by atoms with Crippen molar-refractivity contribution in [2.24, 2.45) is 0 Å². The van der Waals surface area contributed by atoms with Crippen LogP contribution in [0, 0.1) is 11.3 Å². The number of aliphatic hydroxyl groups is 1. The number of aliphatic hydroxyl groups excluding tert-OH is 1. The second kappa shape index (κ2) is 9.57. The van der Waals surface area contributed by atoms with Crippen LogP contribution in [0.1, 0.15) is 18.2 Å². The molecule has 0 aliphatic heterocycles. The lowest BCUT2D eigenvalue weighted by Crippen LogP contribution is -2.32. The van der Waals surface area contributed by atoms with Crippen LogP contribution in [0.25, 0.3) is 27.3 Å². The number of thiophene rings is 1. The van der Waals surface area contributed by atoms with Crippen LogP contribution in [-0.2, 0) is 4.79 Å². The quantitative estimate of drug-likeness (QED) is 0.439. The van der Waals surface area contributed by atoms with Crippen LogP contribution in [0.4, 0.5) is 5.69 Å². The molecule has 2 N–H and O–H groups in total. The minimum atomic E-state index is -0.607. The highest BCUT2D eigenvalue weighted by molar-refractivity contribution is 7.16. The van der Waals surface area contributed by atoms with Crippen LogP contribution in [0.15, 0.2) is 54.1 Å². The molecule has 3 aromatic rings. The molecule has 0 bridgehead atoms. The predicted molar refractivity (Wildman–Crippen MR) is 124 cm³/mol. The molecule has 2 aromatic carbocycles. The molecule has 3 rings (SSSR count). The highest BCUT2D eigenvalue weighted by Gasteiger charge is 2.12. The van der Waals surface area contributed by atoms with E-state index in [0.717, 1.165) is 26.4 Å². The lowest BCUT2D eigenvalue weighted by Gasteiger charge is -2.13. The zero-order valence-corrected chi connectivity index (χ0v) is 18.2. The summed E-state index contributed by atoms with van der Waals surface area (Å²) in [6.45, 7) is 1.97. The normalized spacial score (nSPS) is 12.4. The number of hydrogen-bond donors (Lipinski definition) is 2. The average Bonchev–Trinajstić information content (AvgIpc) is 3.23. The molecule has 1 aromatic heterocycles. The molecule has 0 saturated carbocycles. The van der Waals surface area contributed by atoms with Gasteiger partial charge in [0.25, 0.3) is 5.91 Å². The molecular formula is C24H25N3O2S. The van der Waals surface area contributed by atoms with Gasteiger partial charge in [-0.05, 0) is 59.2 Å². The number of rotatable bonds is 7. The third kappa shape index (κ3) is 5.07. The summed E-state index contributed by atoms with van der Waals surface area (Å²) in [5.41, 5.74) is 2.28. The number of hydrogen-bond acceptors (Lipinski definition) is 5. The van der Waals surface area contributed by atoms with Crippen LogP contribution in [0.3, 0.4) is 0 Å². The number of nitrogens with one attached hydrogen (secondary N) is 1. The first-order chi connectivity index (χ1) is 14.4. The minimum absolute atomic E-state index is 0.0291. The van der Waals surface area contributed by atoms with Crippen LogP contribution >= 0.6 is 11.3 Å². The van der Waals surface area contributed by atoms with Crippen molar-refractivity contribution in [2.45, 2.75) is 19.4 Å². The fraction of sp³-hybridized carbons (Fsp3) is 0.250. The van der Waals surface area contributed by atoms with Crippen molar-refractivity contribution in [1.82, 2.24) is 5.32 Å². The molecule has 1 unspecified atom stereocenters. The number of nitrogens with zero attached hydrogens (tertiary/aromatic N) is 2. The van der Waals surface area contributed by atoms with Gasteiger partial charge in [-0.3, -0.25) is 4.79 Å². The van der Waals surface area contributed by atoms with Gasteiger partial charge < -0.3 is 15.3 Å². The summed E-state index contributed by atoms with van der Waals surface area (Å²) in [5, 5.41) is 23.9. The Kier molecular flexibility index (Phi) is 6.88. The van der Waals surface area contributed by atoms with E-state index in [9.17, 15) is 15.2 Å². The summed E-state index contributed by atoms with van der Waals surface area (Å²) in [7, 11) is 4.05. The molecule has 1 amide bonds. The molecule has 5 nitrogen and oxygen atoms in total. The summed E-state index contributed by atoms with van der Waals surface area (Å²) in [5.74, 6) is -0.470. The SMILES string of the molecule is CCC(O)CNC(=O)/C(C#N)=C/c1ccc(-c2ccc3cc(N(C)C)ccc3c2)s1. The van der Waals surface area contributed by atoms with Crippen LogP contribution in [-0.4, -0.2) is 37.8 Å². The molecule has 30 heavy (non-hydrogen) atoms. The molecule has 0 spiro atoms. The van der Waals surface area contributed by atoms with E-state index in [0.29, 0.717) is 6.42 Å². The first-order valence-corrected chi connectivity index (χ1v) is 10.6. The number of benzene rings is 2. The van der Waals surface area contributed by atoms with Crippen LogP contribution in [0.2, 0.25) is 0 Å². The molecule has 0 saturated heterocycles. The van der Waals surface area contributed by atoms with Gasteiger partial charge in [0.2, 0.25) is 0 Å². The lowest BCUT2D eigenvalue weighted by atomic mass is 10.1. The van der Waals surface area contributed by atoms with Crippen LogP contribution < -0.4 is 10.2 Å². The van der Waals surface area contributed by atoms with Crippen molar-refractivity contribution in [3.8, 4) is 16.5 Å². The zero-order valence-electron chi connectivity index (χ0n) is 17.3. The molecule has 0 aliphatic carbocycles. The smallest absolute Gasteiger partial charge is 0.262 e. The number of amides is 1. The molecule has 0 aliphatic rings. The molecular weight excluding hydrogens is 394 g/mol. The topological polar surface area (TPSA) is 76.4 Å². The molecule has 6 heteroatoms. The maximum atomic E-state index is 12.2. The van der Waals surface area contributed by atoms with Gasteiger partial charge in [0.1, 0.15) is 11.6 Å². The molecule has 1 heterocycles. The van der Waals surface area contributed by atoms with Gasteiger partial charge in [0, 0.05) is 36.1 Å². The number of nitriles is 1. The number of carbonyl (C=O) groups excluding carboxylic acids is 1. The second-order valence-electron chi connectivity index (χ2n) is 7.28. The van der Waals surface area contributed by atoms with E-state index in [2.05, 4.69) is 46.6 Å². The zero-order chi connectivity index (χ0) is 21.7. The van der Waals surface area contributed by atoms with Gasteiger partial charge in [0.15, 0.2) is 0 Å². The van der Waals surface area contributed by atoms with Gasteiger partial charge in [-0.1, -0.05) is 25.1 Å². The Bertz CT molecular complexity index is 1120. The first kappa shape index (κ1) is 21.6. The maximum absolute atomic E-state index is 12.2. The Labute approximate surface area is 180 Å². The summed E-state index contributed by atoms with van der Waals surface area (Å²) < 4.78 is 0. The van der Waals surface area contributed by atoms with Gasteiger partial charge in [0.05, 0.1) is 6.10 Å². The van der Waals surface area contributed by atoms with E-state index in [4.69, 9.17) is 0 Å². The number of fused-ring (bicyclic) bond motifs is 1. The molecule has 0 radical (unpaired) electrons. The highest BCUT2D eigenvalue weighted by atomic mass is 32.1. The van der Waals surface area contributed by atoms with Crippen molar-refractivity contribution in [1.29, 1.82) is 5.26 Å². The van der Waals surface area contributed by atoms with Crippen molar-refractivity contribution >= 4 is 39.8 Å². The molecule has 0 fully saturated rings. The summed E-state index contributed by atoms with van der Waals surface area (Å²) in [4.78, 5) is 16.2. The monoisotopic (exact) mass is 419 g/mol. The van der Waals surface area contributed by atoms with Gasteiger partial charge >= 0.3 is 0 Å². The Morgan fingerprint density at radius 3 is 2.63 bits per heavy atom. The number of anilines is 1. The van der Waals surface area contributed by atoms with E-state index in [1.54, 1.807) is 6.08 Å². The van der Waals surface area contributed by atoms with E-state index >= 15 is 0 Å². The summed E-state index contributed by atoms with van der Waals surface area (Å²) in [6.07, 6.45) is 1.53. The Balaban J connectivity index is 1.81. The van der Waals surface area contributed by atoms with Crippen LogP contribution in [0.5, 0.6) is 0 Å². The standard InChI is InChI=1S/C24H25N3O2S/c1-4-21(28)15-26-24(29)19(14-25)13-22-9-10-23(30-22)18-6-5-17-12-20(27(2)3)8-7-16(17)11-18/h5-13,21,28H,4,15H2,1-3H3,(H,26,29)/b19-13+. The van der Waals surface area contributed by atoms with Gasteiger partial charge in [-0.25, -0.2) is 0 Å². The van der Waals surface area contributed by atoms with E-state index in [1.165, 1.54) is 16.7 Å². The van der Waals surface area contributed by atoms with Gasteiger partial charge in [-0.2, -0.15) is 5.26 Å². The molecule has 154 valence electrons. The fourth-order valence-corrected chi connectivity index (χ4v) is 3.94. The Morgan fingerprint density at radius 1 is 1.20 bits per heavy atom. The maximum Gasteiger partial charge on any atom is 0.262 e. The highest BCUT2D eigenvalue weighted by Crippen LogP contribution is 2.32. The lowest BCUT2D eigenvalue weighted by molar-refractivity contribution is -0.117. The first-order valence-electron chi connectivity index (χ1n) is 9.80. The van der Waals surface area contributed by atoms with Crippen molar-refractivity contribution in [2.75, 3.05) is 25.5 Å². The number of carbonyl (C=O) groups is 1. The van der Waals surface area contributed by atoms with Gasteiger partial charge in [-0.15, -0.1) is 11.3 Å². The summed E-state index contributed by atoms with van der Waals surface area (Å²) >= 11 is 1.53. The third-order valence-corrected chi connectivity index (χ3v) is 5.95. The third-order valence-electron chi connectivity index (χ3n) is 4.87. The van der Waals surface area contributed by atoms with Crippen molar-refractivity contribution in [3.05, 3.63) is 59.0 Å². The molecule has 1 atom stereocenters. The Morgan fingerprint density at radius 2 is 1.93 bits per heavy atom. The van der Waals surface area contributed by atoms with E-state index in [1.807, 2.05) is 39.2 Å². The average molecular weight is 420 g/mol. The Hall–Kier alpha value is -3.14. The fourth-order valence-electron chi connectivity index (χ4n) is 2.99. The van der Waals surface area contributed by atoms with Crippen molar-refractivity contribution < 1.29 is 9.90 Å². The largest absolute Gasteiger partial charge is 0.391 e. The second-order valence-corrected chi connectivity index (χ2v) is 8.40.